The van der Waals surface area contributed by atoms with Gasteiger partial charge >= 0.3 is 5.97 Å². The molecule has 2 amide bonds. The van der Waals surface area contributed by atoms with Gasteiger partial charge < -0.3 is 21.1 Å². The van der Waals surface area contributed by atoms with E-state index in [1.807, 2.05) is 32.0 Å². The zero-order valence-electron chi connectivity index (χ0n) is 17.3. The minimum atomic E-state index is -0.604. The Kier molecular flexibility index (Phi) is 8.16. The van der Waals surface area contributed by atoms with E-state index in [4.69, 9.17) is 10.5 Å². The molecule has 0 aliphatic heterocycles. The number of aromatic nitrogens is 2. The third-order valence-corrected chi connectivity index (χ3v) is 5.09. The van der Waals surface area contributed by atoms with Gasteiger partial charge in [0.15, 0.2) is 5.16 Å². The van der Waals surface area contributed by atoms with Crippen LogP contribution in [0.1, 0.15) is 35.3 Å². The lowest BCUT2D eigenvalue weighted by molar-refractivity contribution is -0.123. The maximum Gasteiger partial charge on any atom is 0.343 e. The van der Waals surface area contributed by atoms with E-state index in [0.717, 1.165) is 28.6 Å². The Morgan fingerprint density at radius 2 is 1.90 bits per heavy atom. The Morgan fingerprint density at radius 3 is 2.50 bits per heavy atom. The summed E-state index contributed by atoms with van der Waals surface area (Å²) < 4.78 is 4.87. The molecule has 1 heterocycles. The fourth-order valence-electron chi connectivity index (χ4n) is 2.52. The van der Waals surface area contributed by atoms with E-state index >= 15 is 0 Å². The molecule has 4 N–H and O–H groups in total. The van der Waals surface area contributed by atoms with Crippen molar-refractivity contribution >= 4 is 41.1 Å². The second-order valence-electron chi connectivity index (χ2n) is 6.46. The number of hydrogen-bond acceptors (Lipinski definition) is 8. The van der Waals surface area contributed by atoms with Gasteiger partial charge in [-0.05, 0) is 38.8 Å². The van der Waals surface area contributed by atoms with Crippen LogP contribution in [0.25, 0.3) is 0 Å². The molecule has 0 aliphatic carbocycles. The molecule has 1 aromatic carbocycles. The van der Waals surface area contributed by atoms with Crippen LogP contribution in [0.5, 0.6) is 0 Å². The number of para-hydroxylation sites is 1. The first-order valence-corrected chi connectivity index (χ1v) is 10.2. The minimum Gasteiger partial charge on any atom is -0.462 e. The molecule has 0 aliphatic rings. The molecule has 30 heavy (non-hydrogen) atoms. The Balaban J connectivity index is 1.89. The van der Waals surface area contributed by atoms with Gasteiger partial charge in [0.2, 0.25) is 11.8 Å². The number of aryl methyl sites for hydroxylation is 2. The van der Waals surface area contributed by atoms with Gasteiger partial charge in [-0.25, -0.2) is 14.8 Å². The Bertz CT molecular complexity index is 931. The van der Waals surface area contributed by atoms with Crippen LogP contribution in [0.3, 0.4) is 0 Å². The average molecular weight is 432 g/mol. The van der Waals surface area contributed by atoms with Crippen molar-refractivity contribution in [1.29, 1.82) is 0 Å². The van der Waals surface area contributed by atoms with E-state index in [1.165, 1.54) is 6.20 Å². The summed E-state index contributed by atoms with van der Waals surface area (Å²) in [5, 5.41) is 5.06. The number of carbonyl (C=O) groups is 3. The van der Waals surface area contributed by atoms with Crippen molar-refractivity contribution < 1.29 is 19.1 Å². The number of nitrogens with two attached hydrogens (primary N) is 1. The SMILES string of the molecule is CCOC(=O)c1cnc(SC(C)C(=O)NCC(=O)Nc2c(C)cccc2C)nc1N. The Labute approximate surface area is 179 Å². The van der Waals surface area contributed by atoms with E-state index in [1.54, 1.807) is 13.8 Å². The van der Waals surface area contributed by atoms with Gasteiger partial charge in [0.1, 0.15) is 11.4 Å². The van der Waals surface area contributed by atoms with Crippen LogP contribution < -0.4 is 16.4 Å². The quantitative estimate of drug-likeness (QED) is 0.328. The van der Waals surface area contributed by atoms with Gasteiger partial charge in [-0.15, -0.1) is 0 Å². The molecule has 160 valence electrons. The van der Waals surface area contributed by atoms with Crippen LogP contribution >= 0.6 is 11.8 Å². The molecule has 10 heteroatoms. The third kappa shape index (κ3) is 6.18. The fraction of sp³-hybridized carbons (Fsp3) is 0.350. The summed E-state index contributed by atoms with van der Waals surface area (Å²) in [7, 11) is 0. The van der Waals surface area contributed by atoms with Crippen molar-refractivity contribution in [3.05, 3.63) is 41.1 Å². The summed E-state index contributed by atoms with van der Waals surface area (Å²) in [5.74, 6) is -1.30. The second-order valence-corrected chi connectivity index (χ2v) is 7.77. The van der Waals surface area contributed by atoms with Crippen LogP contribution in [-0.4, -0.2) is 46.2 Å². The Morgan fingerprint density at radius 1 is 1.23 bits per heavy atom. The van der Waals surface area contributed by atoms with Crippen molar-refractivity contribution in [3.63, 3.8) is 0 Å². The molecule has 0 saturated heterocycles. The molecule has 1 atom stereocenters. The van der Waals surface area contributed by atoms with Crippen molar-refractivity contribution in [1.82, 2.24) is 15.3 Å². The van der Waals surface area contributed by atoms with Crippen LogP contribution in [0.15, 0.2) is 29.6 Å². The Hall–Kier alpha value is -3.14. The van der Waals surface area contributed by atoms with E-state index in [2.05, 4.69) is 20.6 Å². The molecule has 0 saturated carbocycles. The maximum atomic E-state index is 12.3. The molecule has 0 bridgehead atoms. The van der Waals surface area contributed by atoms with Gasteiger partial charge in [-0.1, -0.05) is 30.0 Å². The smallest absolute Gasteiger partial charge is 0.343 e. The summed E-state index contributed by atoms with van der Waals surface area (Å²) in [5.41, 5.74) is 8.48. The number of ether oxygens (including phenoxy) is 1. The molecule has 0 radical (unpaired) electrons. The number of nitrogen functional groups attached to an aromatic ring is 1. The molecule has 9 nitrogen and oxygen atoms in total. The molecule has 1 unspecified atom stereocenters. The van der Waals surface area contributed by atoms with Crippen LogP contribution in [0, 0.1) is 13.8 Å². The largest absolute Gasteiger partial charge is 0.462 e. The number of benzene rings is 1. The lowest BCUT2D eigenvalue weighted by Crippen LogP contribution is -2.37. The van der Waals surface area contributed by atoms with Gasteiger partial charge in [0, 0.05) is 11.9 Å². The molecule has 0 spiro atoms. The summed E-state index contributed by atoms with van der Waals surface area (Å²) in [6.07, 6.45) is 1.27. The number of carbonyl (C=O) groups excluding carboxylic acids is 3. The van der Waals surface area contributed by atoms with Crippen molar-refractivity contribution in [2.24, 2.45) is 0 Å². The molecule has 2 aromatic rings. The number of hydrogen-bond donors (Lipinski definition) is 3. The lowest BCUT2D eigenvalue weighted by Gasteiger charge is -2.14. The summed E-state index contributed by atoms with van der Waals surface area (Å²) in [6, 6.07) is 5.72. The molecular formula is C20H25N5O4S. The van der Waals surface area contributed by atoms with Crippen molar-refractivity contribution in [3.8, 4) is 0 Å². The highest BCUT2D eigenvalue weighted by molar-refractivity contribution is 8.00. The summed E-state index contributed by atoms with van der Waals surface area (Å²) in [4.78, 5) is 44.3. The summed E-state index contributed by atoms with van der Waals surface area (Å²) in [6.45, 7) is 7.19. The van der Waals surface area contributed by atoms with Crippen LogP contribution in [0.4, 0.5) is 11.5 Å². The molecule has 1 aromatic heterocycles. The standard InChI is InChI=1S/C20H25N5O4S/c1-5-29-19(28)14-9-23-20(25-17(14)21)30-13(4)18(27)22-10-15(26)24-16-11(2)7-6-8-12(16)3/h6-9,13H,5,10H2,1-4H3,(H,22,27)(H,24,26)(H2,21,23,25). The van der Waals surface area contributed by atoms with Gasteiger partial charge in [-0.3, -0.25) is 9.59 Å². The lowest BCUT2D eigenvalue weighted by atomic mass is 10.1. The predicted octanol–water partition coefficient (Wildman–Crippen LogP) is 2.09. The van der Waals surface area contributed by atoms with Gasteiger partial charge in [-0.2, -0.15) is 0 Å². The minimum absolute atomic E-state index is 0.0217. The maximum absolute atomic E-state index is 12.3. The van der Waals surface area contributed by atoms with Crippen LogP contribution in [-0.2, 0) is 14.3 Å². The molecule has 2 rings (SSSR count). The first kappa shape index (κ1) is 23.1. The number of nitrogens with zero attached hydrogens (tertiary/aromatic N) is 2. The van der Waals surface area contributed by atoms with Crippen molar-refractivity contribution in [2.45, 2.75) is 38.1 Å². The number of nitrogens with one attached hydrogen (secondary N) is 2. The molecule has 0 fully saturated rings. The van der Waals surface area contributed by atoms with Crippen molar-refractivity contribution in [2.75, 3.05) is 24.2 Å². The van der Waals surface area contributed by atoms with Gasteiger partial charge in [0.25, 0.3) is 0 Å². The van der Waals surface area contributed by atoms with Gasteiger partial charge in [0.05, 0.1) is 18.4 Å². The fourth-order valence-corrected chi connectivity index (χ4v) is 3.29. The first-order valence-electron chi connectivity index (χ1n) is 9.33. The second kappa shape index (κ2) is 10.6. The normalized spacial score (nSPS) is 11.5. The summed E-state index contributed by atoms with van der Waals surface area (Å²) >= 11 is 1.06. The number of esters is 1. The zero-order chi connectivity index (χ0) is 22.3. The number of thioether (sulfide) groups is 1. The van der Waals surface area contributed by atoms with E-state index in [0.29, 0.717) is 0 Å². The molecular weight excluding hydrogens is 406 g/mol. The van der Waals surface area contributed by atoms with Crippen LogP contribution in [0.2, 0.25) is 0 Å². The topological polar surface area (TPSA) is 136 Å². The van der Waals surface area contributed by atoms with E-state index in [9.17, 15) is 14.4 Å². The predicted molar refractivity (Wildman–Crippen MR) is 115 cm³/mol. The number of anilines is 2. The average Bonchev–Trinajstić information content (AvgIpc) is 2.69. The third-order valence-electron chi connectivity index (χ3n) is 4.11. The number of rotatable bonds is 8. The van der Waals surface area contributed by atoms with E-state index in [-0.39, 0.29) is 41.5 Å². The number of amides is 2. The first-order chi connectivity index (χ1) is 14.2. The zero-order valence-corrected chi connectivity index (χ0v) is 18.1. The highest BCUT2D eigenvalue weighted by Crippen LogP contribution is 2.22. The monoisotopic (exact) mass is 431 g/mol. The highest BCUT2D eigenvalue weighted by atomic mass is 32.2. The van der Waals surface area contributed by atoms with E-state index < -0.39 is 11.2 Å². The highest BCUT2D eigenvalue weighted by Gasteiger charge is 2.19.